The zero-order valence-corrected chi connectivity index (χ0v) is 17.6. The molecule has 0 saturated carbocycles. The molecule has 0 fully saturated rings. The fraction of sp³-hybridized carbons (Fsp3) is 0.286. The average Bonchev–Trinajstić information content (AvgIpc) is 3.21. The van der Waals surface area contributed by atoms with Crippen LogP contribution in [0, 0.1) is 12.7 Å². The topological polar surface area (TPSA) is 71.2 Å². The van der Waals surface area contributed by atoms with Crippen LogP contribution in [0.2, 0.25) is 0 Å². The zero-order valence-electron chi connectivity index (χ0n) is 16.8. The number of aliphatic hydroxyl groups excluding tert-OH is 1. The van der Waals surface area contributed by atoms with E-state index in [9.17, 15) is 27.5 Å². The lowest BCUT2D eigenvalue weighted by Crippen LogP contribution is -2.40. The number of hydrogen-bond acceptors (Lipinski definition) is 6. The minimum atomic E-state index is -4.43. The molecule has 32 heavy (non-hydrogen) atoms. The Kier molecular flexibility index (Phi) is 5.87. The van der Waals surface area contributed by atoms with Crippen LogP contribution in [0.15, 0.2) is 47.5 Å². The number of benzene rings is 1. The zero-order chi connectivity index (χ0) is 23.0. The Morgan fingerprint density at radius 2 is 2.03 bits per heavy atom. The molecule has 3 heterocycles. The van der Waals surface area contributed by atoms with Crippen LogP contribution < -0.4 is 10.6 Å². The van der Waals surface area contributed by atoms with Gasteiger partial charge in [0.05, 0.1) is 19.2 Å². The highest BCUT2D eigenvalue weighted by Gasteiger charge is 2.32. The molecule has 1 atom stereocenters. The molecule has 2 aromatic heterocycles. The van der Waals surface area contributed by atoms with E-state index in [4.69, 9.17) is 0 Å². The van der Waals surface area contributed by atoms with Crippen LogP contribution in [0.4, 0.5) is 23.5 Å². The number of hydrogen-bond donors (Lipinski definition) is 1. The maximum atomic E-state index is 13.9. The van der Waals surface area contributed by atoms with Gasteiger partial charge in [-0.05, 0) is 41.8 Å². The number of aromatic nitrogens is 3. The molecule has 1 unspecified atom stereocenters. The van der Waals surface area contributed by atoms with E-state index < -0.39 is 22.8 Å². The number of aryl methyl sites for hydroxylation is 1. The van der Waals surface area contributed by atoms with Crippen LogP contribution in [0.3, 0.4) is 0 Å². The van der Waals surface area contributed by atoms with Crippen molar-refractivity contribution in [2.75, 3.05) is 18.0 Å². The molecule has 11 heteroatoms. The third-order valence-corrected chi connectivity index (χ3v) is 6.21. The van der Waals surface area contributed by atoms with Gasteiger partial charge in [-0.15, -0.1) is 11.3 Å². The molecule has 6 nitrogen and oxygen atoms in total. The number of thiophene rings is 1. The summed E-state index contributed by atoms with van der Waals surface area (Å²) in [5.74, 6) is -0.268. The largest absolute Gasteiger partial charge is 0.425 e. The Balaban J connectivity index is 1.50. The van der Waals surface area contributed by atoms with Crippen molar-refractivity contribution < 1.29 is 22.7 Å². The van der Waals surface area contributed by atoms with Gasteiger partial charge in [-0.1, -0.05) is 18.2 Å². The van der Waals surface area contributed by atoms with Crippen LogP contribution in [0.1, 0.15) is 20.9 Å². The summed E-state index contributed by atoms with van der Waals surface area (Å²) < 4.78 is 53.2. The first kappa shape index (κ1) is 22.2. The fourth-order valence-electron chi connectivity index (χ4n) is 3.37. The normalized spacial score (nSPS) is 16.9. The standard InChI is InChI=1S/C21H18F4N4O2S/c1-12-2-3-13(8-16(12)22)15-6-7-28(10-17(15)30)19-26-11-29(20(31)27-19)9-14-4-5-18(32-14)21(23,24)25/h2-6,8,11,17,30H,7,9-10H2,1H3. The molecule has 168 valence electrons. The van der Waals surface area contributed by atoms with E-state index in [-0.39, 0.29) is 24.9 Å². The molecule has 1 aliphatic heterocycles. The highest BCUT2D eigenvalue weighted by Crippen LogP contribution is 2.34. The van der Waals surface area contributed by atoms with Gasteiger partial charge in [0.1, 0.15) is 17.0 Å². The van der Waals surface area contributed by atoms with E-state index in [0.29, 0.717) is 39.5 Å². The third kappa shape index (κ3) is 4.58. The molecule has 0 bridgehead atoms. The number of rotatable bonds is 4. The van der Waals surface area contributed by atoms with Crippen molar-refractivity contribution in [3.05, 3.63) is 79.9 Å². The maximum absolute atomic E-state index is 13.9. The lowest BCUT2D eigenvalue weighted by molar-refractivity contribution is -0.134. The van der Waals surface area contributed by atoms with Gasteiger partial charge in [-0.3, -0.25) is 4.57 Å². The van der Waals surface area contributed by atoms with Crippen molar-refractivity contribution >= 4 is 22.9 Å². The van der Waals surface area contributed by atoms with Gasteiger partial charge in [-0.2, -0.15) is 18.2 Å². The number of alkyl halides is 3. The summed E-state index contributed by atoms with van der Waals surface area (Å²) in [5.41, 5.74) is 0.992. The van der Waals surface area contributed by atoms with Crippen molar-refractivity contribution in [3.8, 4) is 0 Å². The quantitative estimate of drug-likeness (QED) is 0.597. The molecule has 1 aliphatic rings. The lowest BCUT2D eigenvalue weighted by atomic mass is 9.96. The Morgan fingerprint density at radius 3 is 2.66 bits per heavy atom. The van der Waals surface area contributed by atoms with Gasteiger partial charge in [0.15, 0.2) is 0 Å². The van der Waals surface area contributed by atoms with Crippen LogP contribution in [0.5, 0.6) is 0 Å². The predicted molar refractivity (Wildman–Crippen MR) is 112 cm³/mol. The van der Waals surface area contributed by atoms with Crippen LogP contribution >= 0.6 is 11.3 Å². The minimum absolute atomic E-state index is 0.0779. The summed E-state index contributed by atoms with van der Waals surface area (Å²) in [4.78, 5) is 21.6. The SMILES string of the molecule is Cc1ccc(C2=CCN(c3ncn(Cc4ccc(C(F)(F)F)s4)c(=O)n3)CC2O)cc1F. The number of aliphatic hydroxyl groups is 1. The second-order valence-electron chi connectivity index (χ2n) is 7.37. The Morgan fingerprint density at radius 1 is 1.25 bits per heavy atom. The fourth-order valence-corrected chi connectivity index (χ4v) is 4.24. The summed E-state index contributed by atoms with van der Waals surface area (Å²) in [6.45, 7) is 1.97. The molecule has 0 aliphatic carbocycles. The van der Waals surface area contributed by atoms with Gasteiger partial charge in [-0.25, -0.2) is 14.2 Å². The Hall–Kier alpha value is -3.05. The van der Waals surface area contributed by atoms with Gasteiger partial charge in [0, 0.05) is 11.4 Å². The summed E-state index contributed by atoms with van der Waals surface area (Å²) in [7, 11) is 0. The Labute approximate surface area is 184 Å². The van der Waals surface area contributed by atoms with E-state index >= 15 is 0 Å². The van der Waals surface area contributed by atoms with E-state index in [0.717, 1.165) is 10.6 Å². The number of anilines is 1. The van der Waals surface area contributed by atoms with Crippen LogP contribution in [-0.4, -0.2) is 38.8 Å². The van der Waals surface area contributed by atoms with E-state index in [1.807, 2.05) is 0 Å². The smallest absolute Gasteiger partial charge is 0.387 e. The molecular weight excluding hydrogens is 448 g/mol. The molecule has 3 aromatic rings. The predicted octanol–water partition coefficient (Wildman–Crippen LogP) is 3.48. The van der Waals surface area contributed by atoms with Gasteiger partial charge >= 0.3 is 11.9 Å². The van der Waals surface area contributed by atoms with E-state index in [1.54, 1.807) is 30.0 Å². The van der Waals surface area contributed by atoms with Crippen molar-refractivity contribution in [3.63, 3.8) is 0 Å². The van der Waals surface area contributed by atoms with E-state index in [2.05, 4.69) is 9.97 Å². The first-order valence-corrected chi connectivity index (χ1v) is 10.4. The maximum Gasteiger partial charge on any atom is 0.425 e. The lowest BCUT2D eigenvalue weighted by Gasteiger charge is -2.30. The Bertz CT molecular complexity index is 1240. The first-order chi connectivity index (χ1) is 15.1. The van der Waals surface area contributed by atoms with Crippen molar-refractivity contribution in [1.29, 1.82) is 0 Å². The average molecular weight is 466 g/mol. The summed E-state index contributed by atoms with van der Waals surface area (Å²) >= 11 is 0.558. The molecule has 1 N–H and O–H groups in total. The molecule has 0 spiro atoms. The second kappa shape index (κ2) is 8.47. The van der Waals surface area contributed by atoms with Crippen molar-refractivity contribution in [2.24, 2.45) is 0 Å². The highest BCUT2D eigenvalue weighted by atomic mass is 32.1. The summed E-state index contributed by atoms with van der Waals surface area (Å²) in [5, 5.41) is 10.5. The third-order valence-electron chi connectivity index (χ3n) is 5.09. The molecule has 0 amide bonds. The highest BCUT2D eigenvalue weighted by molar-refractivity contribution is 7.12. The summed E-state index contributed by atoms with van der Waals surface area (Å²) in [6, 6.07) is 7.02. The monoisotopic (exact) mass is 466 g/mol. The molecule has 0 radical (unpaired) electrons. The molecule has 4 rings (SSSR count). The summed E-state index contributed by atoms with van der Waals surface area (Å²) in [6.07, 6.45) is -2.43. The number of β-amino-alcohol motifs (C(OH)–C–C–N with tert-alkyl or cyclic N) is 1. The first-order valence-electron chi connectivity index (χ1n) is 9.61. The van der Waals surface area contributed by atoms with E-state index in [1.165, 1.54) is 18.5 Å². The van der Waals surface area contributed by atoms with Crippen LogP contribution in [0.25, 0.3) is 5.57 Å². The molecule has 0 saturated heterocycles. The number of halogens is 4. The van der Waals surface area contributed by atoms with Gasteiger partial charge in [0.25, 0.3) is 0 Å². The van der Waals surface area contributed by atoms with Crippen molar-refractivity contribution in [2.45, 2.75) is 25.7 Å². The van der Waals surface area contributed by atoms with Crippen LogP contribution in [-0.2, 0) is 12.7 Å². The van der Waals surface area contributed by atoms with Gasteiger partial charge in [0.2, 0.25) is 5.95 Å². The second-order valence-corrected chi connectivity index (χ2v) is 8.54. The minimum Gasteiger partial charge on any atom is -0.387 e. The number of nitrogens with zero attached hydrogens (tertiary/aromatic N) is 4. The van der Waals surface area contributed by atoms with Crippen molar-refractivity contribution in [1.82, 2.24) is 14.5 Å². The molecular formula is C21H18F4N4O2S. The molecule has 1 aromatic carbocycles. The van der Waals surface area contributed by atoms with Gasteiger partial charge < -0.3 is 10.0 Å².